The average Bonchev–Trinajstić information content (AvgIpc) is 2.15. The molecule has 0 bridgehead atoms. The van der Waals surface area contributed by atoms with Gasteiger partial charge in [0.05, 0.1) is 0 Å². The summed E-state index contributed by atoms with van der Waals surface area (Å²) >= 11 is 0. The van der Waals surface area contributed by atoms with Gasteiger partial charge in [0.2, 0.25) is 0 Å². The van der Waals surface area contributed by atoms with Crippen molar-refractivity contribution in [1.82, 2.24) is 0 Å². The second-order valence-electron chi connectivity index (χ2n) is 4.28. The maximum absolute atomic E-state index is 11.3. The summed E-state index contributed by atoms with van der Waals surface area (Å²) in [7, 11) is -4.46. The van der Waals surface area contributed by atoms with Crippen LogP contribution < -0.4 is 9.79 Å². The van der Waals surface area contributed by atoms with Crippen molar-refractivity contribution < 1.29 is 31.1 Å². The van der Waals surface area contributed by atoms with Crippen LogP contribution in [-0.2, 0) is 21.3 Å². The van der Waals surface area contributed by atoms with Gasteiger partial charge in [-0.05, 0) is 24.4 Å². The molecule has 0 saturated carbocycles. The molecule has 0 aromatic rings. The molecule has 0 saturated heterocycles. The van der Waals surface area contributed by atoms with Crippen molar-refractivity contribution in [2.75, 3.05) is 0 Å². The van der Waals surface area contributed by atoms with Crippen molar-refractivity contribution in [3.63, 3.8) is 0 Å². The van der Waals surface area contributed by atoms with Crippen molar-refractivity contribution in [1.29, 1.82) is 0 Å². The van der Waals surface area contributed by atoms with Crippen molar-refractivity contribution in [3.8, 4) is 0 Å². The molecule has 1 unspecified atom stereocenters. The Bertz CT molecular complexity index is 217. The van der Waals surface area contributed by atoms with E-state index in [1.807, 2.05) is 13.8 Å². The van der Waals surface area contributed by atoms with Gasteiger partial charge in [0.1, 0.15) is 0 Å². The van der Waals surface area contributed by atoms with Crippen LogP contribution in [0.1, 0.15) is 65.7 Å². The molecule has 16 heavy (non-hydrogen) atoms. The summed E-state index contributed by atoms with van der Waals surface area (Å²) in [6, 6.07) is 0. The smallest absolute Gasteiger partial charge is 0.810 e. The minimum Gasteiger partial charge on any atom is -0.810 e. The minimum atomic E-state index is -4.46. The molecule has 0 aliphatic rings. The SMILES string of the molecule is CCCCCC(CC)(CCC)P(=O)([O-])[O-].[Co+2]. The van der Waals surface area contributed by atoms with E-state index in [4.69, 9.17) is 0 Å². The van der Waals surface area contributed by atoms with Crippen LogP contribution >= 0.6 is 7.60 Å². The third-order valence-corrected chi connectivity index (χ3v) is 5.13. The summed E-state index contributed by atoms with van der Waals surface area (Å²) in [4.78, 5) is 22.7. The standard InChI is InChI=1S/C11H25O3P.Co/c1-4-7-8-10-11(6-3,9-5-2)15(12,13)14;/h4-10H2,1-3H3,(H2,12,13,14);/q;+2/p-2. The average molecular weight is 293 g/mol. The predicted molar refractivity (Wildman–Crippen MR) is 59.7 cm³/mol. The fourth-order valence-electron chi connectivity index (χ4n) is 2.12. The molecule has 0 heterocycles. The molecule has 0 rings (SSSR count). The fraction of sp³-hybridized carbons (Fsp3) is 1.00. The van der Waals surface area contributed by atoms with E-state index in [1.54, 1.807) is 0 Å². The van der Waals surface area contributed by atoms with E-state index < -0.39 is 12.8 Å². The number of hydrogen-bond donors (Lipinski definition) is 0. The number of rotatable bonds is 8. The van der Waals surface area contributed by atoms with Gasteiger partial charge in [0, 0.05) is 0 Å². The Balaban J connectivity index is 0. The van der Waals surface area contributed by atoms with Gasteiger partial charge in [-0.15, -0.1) is 0 Å². The maximum Gasteiger partial charge on any atom is 2.00 e. The van der Waals surface area contributed by atoms with Crippen LogP contribution in [-0.4, -0.2) is 5.16 Å². The molecule has 3 nitrogen and oxygen atoms in total. The van der Waals surface area contributed by atoms with E-state index in [9.17, 15) is 14.4 Å². The van der Waals surface area contributed by atoms with E-state index in [-0.39, 0.29) is 16.8 Å². The first kappa shape index (κ1) is 19.0. The van der Waals surface area contributed by atoms with Gasteiger partial charge in [0.15, 0.2) is 0 Å². The summed E-state index contributed by atoms with van der Waals surface area (Å²) in [5.74, 6) is 0. The molecule has 0 aliphatic heterocycles. The molecule has 0 amide bonds. The zero-order valence-corrected chi connectivity index (χ0v) is 12.4. The molecule has 0 aromatic heterocycles. The molecule has 0 spiro atoms. The molecule has 0 N–H and O–H groups in total. The molecule has 0 fully saturated rings. The molecule has 0 aromatic carbocycles. The largest absolute Gasteiger partial charge is 2.00 e. The second kappa shape index (κ2) is 8.70. The predicted octanol–water partition coefficient (Wildman–Crippen LogP) is 2.43. The van der Waals surface area contributed by atoms with Gasteiger partial charge in [-0.3, -0.25) is 0 Å². The summed E-state index contributed by atoms with van der Waals surface area (Å²) in [5, 5.41) is -0.975. The van der Waals surface area contributed by atoms with Gasteiger partial charge < -0.3 is 14.4 Å². The second-order valence-corrected chi connectivity index (χ2v) is 6.23. The molecular formula is C11H23CoO3P. The monoisotopic (exact) mass is 293 g/mol. The Morgan fingerprint density at radius 3 is 1.88 bits per heavy atom. The summed E-state index contributed by atoms with van der Waals surface area (Å²) in [6.45, 7) is 5.81. The molecule has 5 heteroatoms. The maximum atomic E-state index is 11.3. The first-order valence-corrected chi connectivity index (χ1v) is 7.50. The van der Waals surface area contributed by atoms with Crippen LogP contribution in [0.15, 0.2) is 0 Å². The zero-order valence-electron chi connectivity index (χ0n) is 10.5. The zero-order chi connectivity index (χ0) is 11.9. The Morgan fingerprint density at radius 1 is 1.00 bits per heavy atom. The third kappa shape index (κ3) is 5.33. The van der Waals surface area contributed by atoms with Crippen molar-refractivity contribution >= 4 is 7.60 Å². The first-order chi connectivity index (χ1) is 6.93. The van der Waals surface area contributed by atoms with Crippen LogP contribution in [0.5, 0.6) is 0 Å². The topological polar surface area (TPSA) is 63.2 Å². The summed E-state index contributed by atoms with van der Waals surface area (Å²) < 4.78 is 11.3. The first-order valence-electron chi connectivity index (χ1n) is 5.95. The van der Waals surface area contributed by atoms with Crippen molar-refractivity contribution in [2.45, 2.75) is 70.9 Å². The molecule has 99 valence electrons. The fourth-order valence-corrected chi connectivity index (χ4v) is 3.43. The van der Waals surface area contributed by atoms with Crippen LogP contribution in [0.3, 0.4) is 0 Å². The van der Waals surface area contributed by atoms with Crippen molar-refractivity contribution in [2.24, 2.45) is 0 Å². The van der Waals surface area contributed by atoms with E-state index in [0.29, 0.717) is 19.3 Å². The van der Waals surface area contributed by atoms with Gasteiger partial charge in [-0.2, -0.15) is 0 Å². The Labute approximate surface area is 110 Å². The quantitative estimate of drug-likeness (QED) is 0.510. The van der Waals surface area contributed by atoms with Gasteiger partial charge in [-0.1, -0.05) is 54.1 Å². The van der Waals surface area contributed by atoms with Crippen molar-refractivity contribution in [3.05, 3.63) is 0 Å². The summed E-state index contributed by atoms with van der Waals surface area (Å²) in [5.41, 5.74) is 0. The van der Waals surface area contributed by atoms with Gasteiger partial charge in [-0.25, -0.2) is 0 Å². The third-order valence-electron chi connectivity index (χ3n) is 3.20. The minimum absolute atomic E-state index is 0. The van der Waals surface area contributed by atoms with Crippen LogP contribution in [0.25, 0.3) is 0 Å². The Hall–Kier alpha value is 0.656. The van der Waals surface area contributed by atoms with E-state index in [1.165, 1.54) is 0 Å². The molecule has 1 radical (unpaired) electrons. The normalized spacial score (nSPS) is 15.3. The molecule has 0 aliphatic carbocycles. The van der Waals surface area contributed by atoms with Crippen LogP contribution in [0.4, 0.5) is 0 Å². The van der Waals surface area contributed by atoms with E-state index in [0.717, 1.165) is 25.7 Å². The number of hydrogen-bond acceptors (Lipinski definition) is 3. The molecular weight excluding hydrogens is 270 g/mol. The van der Waals surface area contributed by atoms with Gasteiger partial charge in [0.25, 0.3) is 0 Å². The van der Waals surface area contributed by atoms with E-state index in [2.05, 4.69) is 6.92 Å². The van der Waals surface area contributed by atoms with Crippen LogP contribution in [0, 0.1) is 0 Å². The van der Waals surface area contributed by atoms with Gasteiger partial charge >= 0.3 is 16.8 Å². The van der Waals surface area contributed by atoms with Crippen LogP contribution in [0.2, 0.25) is 0 Å². The Kier molecular flexibility index (Phi) is 10.3. The number of unbranched alkanes of at least 4 members (excludes halogenated alkanes) is 2. The summed E-state index contributed by atoms with van der Waals surface area (Å²) in [6.07, 6.45) is 5.16. The van der Waals surface area contributed by atoms with E-state index >= 15 is 0 Å². The Morgan fingerprint density at radius 2 is 1.56 bits per heavy atom. The molecule has 1 atom stereocenters.